The normalized spacial score (nSPS) is 27.4. The first-order valence-corrected chi connectivity index (χ1v) is 10.8. The molecule has 3 aliphatic heterocycles. The van der Waals surface area contributed by atoms with Crippen LogP contribution in [0.3, 0.4) is 0 Å². The van der Waals surface area contributed by atoms with Crippen LogP contribution in [0.15, 0.2) is 0 Å². The van der Waals surface area contributed by atoms with Gasteiger partial charge in [-0.05, 0) is 70.9 Å². The largest absolute Gasteiger partial charge is 0.341 e. The van der Waals surface area contributed by atoms with Crippen LogP contribution in [0.1, 0.15) is 51.9 Å². The van der Waals surface area contributed by atoms with E-state index in [0.29, 0.717) is 18.0 Å². The topological polar surface area (TPSA) is 91.8 Å². The summed E-state index contributed by atoms with van der Waals surface area (Å²) in [5.74, 6) is 0.810. The Morgan fingerprint density at radius 2 is 1.61 bits per heavy atom. The van der Waals surface area contributed by atoms with Gasteiger partial charge in [0.25, 0.3) is 0 Å². The highest BCUT2D eigenvalue weighted by Crippen LogP contribution is 2.32. The summed E-state index contributed by atoms with van der Waals surface area (Å²) in [5.41, 5.74) is 0. The molecule has 1 unspecified atom stereocenters. The maximum absolute atomic E-state index is 12.2. The molecule has 4 amide bonds. The Morgan fingerprint density at radius 3 is 2.29 bits per heavy atom. The lowest BCUT2D eigenvalue weighted by atomic mass is 9.87. The summed E-state index contributed by atoms with van der Waals surface area (Å²) >= 11 is 0. The van der Waals surface area contributed by atoms with Crippen LogP contribution in [-0.4, -0.2) is 84.5 Å². The molecule has 0 saturated carbocycles. The minimum Gasteiger partial charge on any atom is -0.341 e. The Bertz CT molecular complexity index is 575. The molecule has 0 radical (unpaired) electrons. The van der Waals surface area contributed by atoms with E-state index in [-0.39, 0.29) is 17.9 Å². The fourth-order valence-electron chi connectivity index (χ4n) is 5.23. The van der Waals surface area contributed by atoms with Crippen LogP contribution in [-0.2, 0) is 0 Å². The second-order valence-electron chi connectivity index (χ2n) is 8.46. The summed E-state index contributed by atoms with van der Waals surface area (Å²) < 4.78 is 0. The number of carbonyl (C=O) groups is 2. The molecule has 0 aromatic carbocycles. The Hall–Kier alpha value is -1.83. The van der Waals surface area contributed by atoms with Gasteiger partial charge in [0, 0.05) is 38.8 Å². The summed E-state index contributed by atoms with van der Waals surface area (Å²) in [6, 6.07) is 0.882. The Morgan fingerprint density at radius 1 is 0.893 bits per heavy atom. The molecular weight excluding hydrogens is 356 g/mol. The SMILES string of the molecule is CNC(=O)N1CCC[C@H]1C1CCN(C2CCCN(C(=O)NC(C)=N)CC2)CC1. The summed E-state index contributed by atoms with van der Waals surface area (Å²) in [5, 5.41) is 12.8. The van der Waals surface area contributed by atoms with Crippen molar-refractivity contribution in [1.82, 2.24) is 25.3 Å². The van der Waals surface area contributed by atoms with Crippen LogP contribution in [0.2, 0.25) is 0 Å². The van der Waals surface area contributed by atoms with Crippen LogP contribution in [0.4, 0.5) is 9.59 Å². The van der Waals surface area contributed by atoms with Gasteiger partial charge in [0.05, 0.1) is 5.84 Å². The van der Waals surface area contributed by atoms with Crippen LogP contribution in [0.25, 0.3) is 0 Å². The lowest BCUT2D eigenvalue weighted by Crippen LogP contribution is -2.49. The average molecular weight is 393 g/mol. The van der Waals surface area contributed by atoms with E-state index < -0.39 is 0 Å². The summed E-state index contributed by atoms with van der Waals surface area (Å²) in [7, 11) is 1.72. The van der Waals surface area contributed by atoms with Crippen molar-refractivity contribution in [3.63, 3.8) is 0 Å². The molecule has 0 aromatic heterocycles. The Balaban J connectivity index is 1.48. The number of nitrogens with zero attached hydrogens (tertiary/aromatic N) is 3. The molecule has 3 heterocycles. The van der Waals surface area contributed by atoms with E-state index in [4.69, 9.17) is 5.41 Å². The molecule has 0 spiro atoms. The van der Waals surface area contributed by atoms with Crippen molar-refractivity contribution in [3.05, 3.63) is 0 Å². The zero-order valence-electron chi connectivity index (χ0n) is 17.4. The van der Waals surface area contributed by atoms with Crippen molar-refractivity contribution >= 4 is 17.9 Å². The van der Waals surface area contributed by atoms with Crippen LogP contribution >= 0.6 is 0 Å². The standard InChI is InChI=1S/C20H36N6O2/c1-15(21)23-20(28)25-10-3-5-17(9-14-25)24-12-7-16(8-13-24)18-6-4-11-26(18)19(27)22-2/h16-18H,3-14H2,1-2H3,(H,22,27)(H2,21,23,28)/t17?,18-/m0/s1. The average Bonchev–Trinajstić information content (AvgIpc) is 3.04. The number of rotatable bonds is 2. The highest BCUT2D eigenvalue weighted by Gasteiger charge is 2.37. The predicted molar refractivity (Wildman–Crippen MR) is 110 cm³/mol. The number of hydrogen-bond donors (Lipinski definition) is 3. The number of piperidine rings is 1. The van der Waals surface area contributed by atoms with Gasteiger partial charge in [-0.15, -0.1) is 0 Å². The molecule has 3 rings (SSSR count). The van der Waals surface area contributed by atoms with Gasteiger partial charge in [-0.3, -0.25) is 10.7 Å². The first kappa shape index (κ1) is 20.9. The molecule has 0 aromatic rings. The molecule has 28 heavy (non-hydrogen) atoms. The second kappa shape index (κ2) is 9.58. The number of carbonyl (C=O) groups excluding carboxylic acids is 2. The molecular formula is C20H36N6O2. The third-order valence-electron chi connectivity index (χ3n) is 6.69. The van der Waals surface area contributed by atoms with Crippen molar-refractivity contribution in [3.8, 4) is 0 Å². The van der Waals surface area contributed by atoms with Crippen molar-refractivity contribution in [2.24, 2.45) is 5.92 Å². The van der Waals surface area contributed by atoms with Crippen molar-refractivity contribution < 1.29 is 9.59 Å². The molecule has 3 N–H and O–H groups in total. The highest BCUT2D eigenvalue weighted by atomic mass is 16.2. The number of hydrogen-bond acceptors (Lipinski definition) is 4. The maximum Gasteiger partial charge on any atom is 0.322 e. The zero-order chi connectivity index (χ0) is 20.1. The number of likely N-dealkylation sites (tertiary alicyclic amines) is 3. The van der Waals surface area contributed by atoms with E-state index in [1.54, 1.807) is 14.0 Å². The third kappa shape index (κ3) is 4.96. The minimum atomic E-state index is -0.137. The number of nitrogens with one attached hydrogen (secondary N) is 3. The first-order valence-electron chi connectivity index (χ1n) is 10.8. The second-order valence-corrected chi connectivity index (χ2v) is 8.46. The van der Waals surface area contributed by atoms with Crippen molar-refractivity contribution in [2.75, 3.05) is 39.8 Å². The molecule has 0 aliphatic carbocycles. The van der Waals surface area contributed by atoms with Crippen LogP contribution < -0.4 is 10.6 Å². The van der Waals surface area contributed by atoms with Gasteiger partial charge >= 0.3 is 12.1 Å². The molecule has 3 aliphatic rings. The summed E-state index contributed by atoms with van der Waals surface area (Å²) in [6.45, 7) is 6.21. The highest BCUT2D eigenvalue weighted by molar-refractivity contribution is 5.94. The van der Waals surface area contributed by atoms with E-state index in [2.05, 4.69) is 15.5 Å². The zero-order valence-corrected chi connectivity index (χ0v) is 17.4. The van der Waals surface area contributed by atoms with E-state index in [1.807, 2.05) is 9.80 Å². The van der Waals surface area contributed by atoms with Crippen LogP contribution in [0.5, 0.6) is 0 Å². The van der Waals surface area contributed by atoms with Gasteiger partial charge in [0.15, 0.2) is 0 Å². The van der Waals surface area contributed by atoms with E-state index in [0.717, 1.165) is 77.7 Å². The van der Waals surface area contributed by atoms with E-state index in [9.17, 15) is 9.59 Å². The number of amides is 4. The fourth-order valence-corrected chi connectivity index (χ4v) is 5.23. The lowest BCUT2D eigenvalue weighted by molar-refractivity contribution is 0.0888. The van der Waals surface area contributed by atoms with Gasteiger partial charge in [0.2, 0.25) is 0 Å². The lowest BCUT2D eigenvalue weighted by Gasteiger charge is -2.41. The number of amidine groups is 1. The quantitative estimate of drug-likeness (QED) is 0.496. The van der Waals surface area contributed by atoms with Gasteiger partial charge in [0.1, 0.15) is 0 Å². The summed E-state index contributed by atoms with van der Waals surface area (Å²) in [4.78, 5) is 30.8. The smallest absolute Gasteiger partial charge is 0.322 e. The molecule has 158 valence electrons. The van der Waals surface area contributed by atoms with Crippen molar-refractivity contribution in [2.45, 2.75) is 64.0 Å². The minimum absolute atomic E-state index is 0.0761. The maximum atomic E-state index is 12.2. The van der Waals surface area contributed by atoms with Gasteiger partial charge < -0.3 is 20.0 Å². The van der Waals surface area contributed by atoms with Gasteiger partial charge in [-0.2, -0.15) is 0 Å². The van der Waals surface area contributed by atoms with Crippen molar-refractivity contribution in [1.29, 1.82) is 5.41 Å². The van der Waals surface area contributed by atoms with Gasteiger partial charge in [-0.1, -0.05) is 0 Å². The van der Waals surface area contributed by atoms with Gasteiger partial charge in [-0.25, -0.2) is 9.59 Å². The fraction of sp³-hybridized carbons (Fsp3) is 0.850. The molecule has 0 bridgehead atoms. The van der Waals surface area contributed by atoms with Crippen LogP contribution in [0, 0.1) is 11.3 Å². The number of urea groups is 2. The summed E-state index contributed by atoms with van der Waals surface area (Å²) in [6.07, 6.45) is 7.72. The monoisotopic (exact) mass is 392 g/mol. The molecule has 2 atom stereocenters. The molecule has 3 saturated heterocycles. The van der Waals surface area contributed by atoms with E-state index >= 15 is 0 Å². The molecule has 8 nitrogen and oxygen atoms in total. The Labute approximate surface area is 168 Å². The predicted octanol–water partition coefficient (Wildman–Crippen LogP) is 2.06. The Kier molecular flexibility index (Phi) is 7.15. The molecule has 3 fully saturated rings. The first-order chi connectivity index (χ1) is 13.5. The third-order valence-corrected chi connectivity index (χ3v) is 6.69. The molecule has 8 heteroatoms. The van der Waals surface area contributed by atoms with E-state index in [1.165, 1.54) is 0 Å².